The van der Waals surface area contributed by atoms with Crippen LogP contribution in [0.4, 0.5) is 0 Å². The zero-order valence-electron chi connectivity index (χ0n) is 9.38. The first-order chi connectivity index (χ1) is 8.00. The molecule has 0 atom stereocenters. The molecule has 0 unspecified atom stereocenters. The molecular formula is C11H11NO3S2. The van der Waals surface area contributed by atoms with Gasteiger partial charge < -0.3 is 4.74 Å². The Balaban J connectivity index is 2.35. The number of rotatable bonds is 3. The number of aromatic nitrogens is 1. The Labute approximate surface area is 104 Å². The van der Waals surface area contributed by atoms with E-state index in [1.54, 1.807) is 36.8 Å². The van der Waals surface area contributed by atoms with Gasteiger partial charge in [0.05, 0.1) is 17.4 Å². The van der Waals surface area contributed by atoms with E-state index < -0.39 is 9.84 Å². The van der Waals surface area contributed by atoms with E-state index in [2.05, 4.69) is 4.98 Å². The molecule has 0 radical (unpaired) electrons. The van der Waals surface area contributed by atoms with Gasteiger partial charge >= 0.3 is 0 Å². The van der Waals surface area contributed by atoms with Crippen LogP contribution in [0.5, 0.6) is 5.88 Å². The van der Waals surface area contributed by atoms with E-state index in [0.717, 1.165) is 10.6 Å². The fourth-order valence-corrected chi connectivity index (χ4v) is 2.74. The molecule has 17 heavy (non-hydrogen) atoms. The molecule has 0 spiro atoms. The Kier molecular flexibility index (Phi) is 3.17. The minimum absolute atomic E-state index is 0.310. The van der Waals surface area contributed by atoms with Gasteiger partial charge in [-0.25, -0.2) is 13.4 Å². The quantitative estimate of drug-likeness (QED) is 0.857. The molecule has 0 aliphatic heterocycles. The lowest BCUT2D eigenvalue weighted by Gasteiger charge is -1.99. The van der Waals surface area contributed by atoms with Gasteiger partial charge in [0.15, 0.2) is 9.84 Å². The second kappa shape index (κ2) is 4.46. The lowest BCUT2D eigenvalue weighted by atomic mass is 10.2. The van der Waals surface area contributed by atoms with E-state index >= 15 is 0 Å². The molecule has 4 nitrogen and oxygen atoms in total. The molecule has 1 heterocycles. The Bertz CT molecular complexity index is 614. The van der Waals surface area contributed by atoms with Crippen LogP contribution in [0.2, 0.25) is 0 Å². The Morgan fingerprint density at radius 3 is 2.35 bits per heavy atom. The number of methoxy groups -OCH3 is 1. The van der Waals surface area contributed by atoms with Gasteiger partial charge in [0.25, 0.3) is 0 Å². The van der Waals surface area contributed by atoms with Gasteiger partial charge in [-0.2, -0.15) is 0 Å². The lowest BCUT2D eigenvalue weighted by Crippen LogP contribution is -1.96. The van der Waals surface area contributed by atoms with Crippen molar-refractivity contribution < 1.29 is 13.2 Å². The first-order valence-corrected chi connectivity index (χ1v) is 7.58. The molecule has 0 N–H and O–H groups in total. The van der Waals surface area contributed by atoms with Crippen molar-refractivity contribution in [2.24, 2.45) is 0 Å². The molecule has 0 amide bonds. The highest BCUT2D eigenvalue weighted by Crippen LogP contribution is 2.27. The smallest absolute Gasteiger partial charge is 0.224 e. The van der Waals surface area contributed by atoms with E-state index in [1.807, 2.05) is 0 Å². The third kappa shape index (κ3) is 2.65. The number of hydrogen-bond donors (Lipinski definition) is 0. The molecule has 0 bridgehead atoms. The van der Waals surface area contributed by atoms with Crippen LogP contribution < -0.4 is 4.74 Å². The van der Waals surface area contributed by atoms with Crippen molar-refractivity contribution in [3.05, 3.63) is 29.6 Å². The lowest BCUT2D eigenvalue weighted by molar-refractivity contribution is 0.401. The molecule has 0 saturated heterocycles. The highest BCUT2D eigenvalue weighted by molar-refractivity contribution is 7.90. The summed E-state index contributed by atoms with van der Waals surface area (Å²) in [6.07, 6.45) is 1.19. The minimum Gasteiger partial charge on any atom is -0.480 e. The number of thiazole rings is 1. The molecule has 6 heteroatoms. The number of nitrogens with zero attached hydrogens (tertiary/aromatic N) is 1. The molecule has 0 saturated carbocycles. The van der Waals surface area contributed by atoms with E-state index in [0.29, 0.717) is 10.8 Å². The second-order valence-corrected chi connectivity index (χ2v) is 6.37. The van der Waals surface area contributed by atoms with Gasteiger partial charge in [-0.05, 0) is 12.1 Å². The van der Waals surface area contributed by atoms with Crippen LogP contribution >= 0.6 is 11.3 Å². The molecule has 0 fully saturated rings. The summed E-state index contributed by atoms with van der Waals surface area (Å²) < 4.78 is 27.6. The fraction of sp³-hybridized carbons (Fsp3) is 0.182. The average molecular weight is 269 g/mol. The summed E-state index contributed by atoms with van der Waals surface area (Å²) in [5, 5.41) is 2.61. The topological polar surface area (TPSA) is 56.3 Å². The van der Waals surface area contributed by atoms with Crippen molar-refractivity contribution in [2.75, 3.05) is 13.4 Å². The summed E-state index contributed by atoms with van der Waals surface area (Å²) in [6, 6.07) is 6.65. The van der Waals surface area contributed by atoms with Gasteiger partial charge in [-0.3, -0.25) is 0 Å². The van der Waals surface area contributed by atoms with Crippen LogP contribution in [0.3, 0.4) is 0 Å². The summed E-state index contributed by atoms with van der Waals surface area (Å²) in [4.78, 5) is 4.55. The van der Waals surface area contributed by atoms with E-state index in [-0.39, 0.29) is 0 Å². The minimum atomic E-state index is -3.14. The van der Waals surface area contributed by atoms with Gasteiger partial charge in [0.1, 0.15) is 5.01 Å². The zero-order chi connectivity index (χ0) is 12.5. The summed E-state index contributed by atoms with van der Waals surface area (Å²) >= 11 is 1.46. The molecule has 0 aliphatic rings. The van der Waals surface area contributed by atoms with E-state index in [4.69, 9.17) is 4.74 Å². The highest BCUT2D eigenvalue weighted by Gasteiger charge is 2.08. The standard InChI is InChI=1S/C11H11NO3S2/c1-15-10-7-16-11(12-10)8-3-5-9(6-4-8)17(2,13)14/h3-7H,1-2H3. The number of hydrogen-bond acceptors (Lipinski definition) is 5. The number of sulfone groups is 1. The first-order valence-electron chi connectivity index (χ1n) is 4.81. The van der Waals surface area contributed by atoms with E-state index in [1.165, 1.54) is 17.6 Å². The number of ether oxygens (including phenoxy) is 1. The second-order valence-electron chi connectivity index (χ2n) is 3.49. The van der Waals surface area contributed by atoms with Crippen molar-refractivity contribution in [1.82, 2.24) is 4.98 Å². The first kappa shape index (κ1) is 12.1. The van der Waals surface area contributed by atoms with Crippen LogP contribution in [0, 0.1) is 0 Å². The third-order valence-electron chi connectivity index (χ3n) is 2.22. The Hall–Kier alpha value is -1.40. The number of benzene rings is 1. The molecule has 2 rings (SSSR count). The van der Waals surface area contributed by atoms with Crippen molar-refractivity contribution in [3.8, 4) is 16.5 Å². The Morgan fingerprint density at radius 1 is 1.24 bits per heavy atom. The SMILES string of the molecule is COc1csc(-c2ccc(S(C)(=O)=O)cc2)n1. The van der Waals surface area contributed by atoms with Gasteiger partial charge in [0.2, 0.25) is 5.88 Å². The molecule has 2 aromatic rings. The third-order valence-corrected chi connectivity index (χ3v) is 4.22. The molecule has 90 valence electrons. The highest BCUT2D eigenvalue weighted by atomic mass is 32.2. The Morgan fingerprint density at radius 2 is 1.88 bits per heavy atom. The van der Waals surface area contributed by atoms with E-state index in [9.17, 15) is 8.42 Å². The predicted molar refractivity (Wildman–Crippen MR) is 67.2 cm³/mol. The zero-order valence-corrected chi connectivity index (χ0v) is 11.0. The predicted octanol–water partition coefficient (Wildman–Crippen LogP) is 2.22. The molecule has 1 aromatic heterocycles. The van der Waals surface area contributed by atoms with Crippen LogP contribution in [0.15, 0.2) is 34.5 Å². The fourth-order valence-electron chi connectivity index (χ4n) is 1.33. The summed E-state index contributed by atoms with van der Waals surface area (Å²) in [6.45, 7) is 0. The van der Waals surface area contributed by atoms with Gasteiger partial charge in [0, 0.05) is 11.8 Å². The molecule has 1 aromatic carbocycles. The normalized spacial score (nSPS) is 11.4. The summed E-state index contributed by atoms with van der Waals surface area (Å²) in [5.74, 6) is 0.567. The molecular weight excluding hydrogens is 258 g/mol. The molecule has 0 aliphatic carbocycles. The van der Waals surface area contributed by atoms with Gasteiger partial charge in [-0.1, -0.05) is 12.1 Å². The monoisotopic (exact) mass is 269 g/mol. The van der Waals surface area contributed by atoms with Crippen LogP contribution in [-0.2, 0) is 9.84 Å². The van der Waals surface area contributed by atoms with Crippen molar-refractivity contribution in [2.45, 2.75) is 4.90 Å². The van der Waals surface area contributed by atoms with Crippen molar-refractivity contribution in [3.63, 3.8) is 0 Å². The van der Waals surface area contributed by atoms with Crippen LogP contribution in [0.25, 0.3) is 10.6 Å². The maximum Gasteiger partial charge on any atom is 0.224 e. The van der Waals surface area contributed by atoms with Crippen LogP contribution in [-0.4, -0.2) is 26.8 Å². The summed E-state index contributed by atoms with van der Waals surface area (Å²) in [5.41, 5.74) is 0.880. The van der Waals surface area contributed by atoms with Crippen LogP contribution in [0.1, 0.15) is 0 Å². The average Bonchev–Trinajstić information content (AvgIpc) is 2.76. The van der Waals surface area contributed by atoms with Gasteiger partial charge in [-0.15, -0.1) is 11.3 Å². The largest absolute Gasteiger partial charge is 0.480 e. The maximum atomic E-state index is 11.3. The van der Waals surface area contributed by atoms with Crippen molar-refractivity contribution >= 4 is 21.2 Å². The van der Waals surface area contributed by atoms with Crippen molar-refractivity contribution in [1.29, 1.82) is 0 Å². The summed E-state index contributed by atoms with van der Waals surface area (Å²) in [7, 11) is -1.58. The maximum absolute atomic E-state index is 11.3.